The molecule has 17 heteroatoms. The smallest absolute Gasteiger partial charge is 0.370 e. The number of hydrogen-bond donors (Lipinski definition) is 6. The largest absolute Gasteiger partial charge is 0.469 e. The number of ketones is 1. The van der Waals surface area contributed by atoms with Crippen molar-refractivity contribution in [3.8, 4) is 0 Å². The Kier molecular flexibility index (Phi) is 14.1. The number of carbonyl (C=O) groups is 6. The van der Waals surface area contributed by atoms with Crippen LogP contribution < -0.4 is 22.1 Å². The lowest BCUT2D eigenvalue weighted by Crippen LogP contribution is -2.61. The van der Waals surface area contributed by atoms with Crippen molar-refractivity contribution in [2.45, 2.75) is 76.1 Å². The van der Waals surface area contributed by atoms with Crippen molar-refractivity contribution in [1.29, 1.82) is 0 Å². The van der Waals surface area contributed by atoms with Crippen molar-refractivity contribution in [1.82, 2.24) is 15.5 Å². The molecule has 5 atom stereocenters. The van der Waals surface area contributed by atoms with E-state index in [4.69, 9.17) is 23.1 Å². The number of carbonyl (C=O) groups excluding carboxylic acids is 6. The summed E-state index contributed by atoms with van der Waals surface area (Å²) in [5.41, 5.74) is 11.4. The molecule has 0 spiro atoms. The molecule has 1 aliphatic rings. The van der Waals surface area contributed by atoms with Crippen LogP contribution in [-0.2, 0) is 44.3 Å². The molecule has 2 aromatic carbocycles. The van der Waals surface area contributed by atoms with Crippen LogP contribution in [0.3, 0.4) is 0 Å². The van der Waals surface area contributed by atoms with Gasteiger partial charge in [0, 0.05) is 25.3 Å². The number of benzene rings is 2. The van der Waals surface area contributed by atoms with Crippen molar-refractivity contribution in [3.63, 3.8) is 0 Å². The molecule has 1 unspecified atom stereocenters. The van der Waals surface area contributed by atoms with Gasteiger partial charge in [-0.3, -0.25) is 33.3 Å². The SMILES string of the molecule is CC(OP(=O)(O)O)[C@H](NC(=O)CCl)C(=O)N1CCCC[C@H]1C(=O)N[C@@H](Cc1ccc2ccccc2c1)C(=O)C[C@@H](CCC(N)=O)C(N)=O. The van der Waals surface area contributed by atoms with Gasteiger partial charge in [0.2, 0.25) is 29.5 Å². The van der Waals surface area contributed by atoms with E-state index in [9.17, 15) is 43.1 Å². The summed E-state index contributed by atoms with van der Waals surface area (Å²) in [6.45, 7) is 1.24. The molecule has 48 heavy (non-hydrogen) atoms. The summed E-state index contributed by atoms with van der Waals surface area (Å²) < 4.78 is 16.2. The van der Waals surface area contributed by atoms with Gasteiger partial charge >= 0.3 is 7.82 Å². The highest BCUT2D eigenvalue weighted by Gasteiger charge is 2.41. The highest BCUT2D eigenvalue weighted by molar-refractivity contribution is 7.46. The fourth-order valence-electron chi connectivity index (χ4n) is 5.68. The Bertz CT molecular complexity index is 1570. The molecule has 0 aliphatic carbocycles. The summed E-state index contributed by atoms with van der Waals surface area (Å²) in [7, 11) is -5.08. The lowest BCUT2D eigenvalue weighted by Gasteiger charge is -2.38. The summed E-state index contributed by atoms with van der Waals surface area (Å²) in [4.78, 5) is 96.9. The lowest BCUT2D eigenvalue weighted by atomic mass is 9.90. The summed E-state index contributed by atoms with van der Waals surface area (Å²) in [5, 5.41) is 6.91. The number of likely N-dealkylation sites (tertiary alicyclic amines) is 1. The second-order valence-electron chi connectivity index (χ2n) is 11.7. The molecule has 1 fully saturated rings. The lowest BCUT2D eigenvalue weighted by molar-refractivity contribution is -0.147. The Morgan fingerprint density at radius 3 is 2.35 bits per heavy atom. The number of rotatable bonds is 17. The van der Waals surface area contributed by atoms with Gasteiger partial charge in [-0.05, 0) is 55.4 Å². The second-order valence-corrected chi connectivity index (χ2v) is 13.2. The van der Waals surface area contributed by atoms with Crippen molar-refractivity contribution in [2.24, 2.45) is 17.4 Å². The van der Waals surface area contributed by atoms with Crippen molar-refractivity contribution < 1.29 is 47.6 Å². The Hall–Kier alpha value is -3.88. The number of hydrogen-bond acceptors (Lipinski definition) is 8. The van der Waals surface area contributed by atoms with Gasteiger partial charge in [0.05, 0.1) is 12.1 Å². The van der Waals surface area contributed by atoms with Crippen LogP contribution >= 0.6 is 19.4 Å². The van der Waals surface area contributed by atoms with Crippen LogP contribution in [0.5, 0.6) is 0 Å². The topological polar surface area (TPSA) is 249 Å². The van der Waals surface area contributed by atoms with E-state index in [0.717, 1.165) is 10.8 Å². The third kappa shape index (κ3) is 11.4. The molecule has 262 valence electrons. The molecule has 8 N–H and O–H groups in total. The maximum atomic E-state index is 13.9. The van der Waals surface area contributed by atoms with Crippen LogP contribution in [0.1, 0.15) is 51.0 Å². The first-order valence-corrected chi connectivity index (χ1v) is 17.4. The number of piperidine rings is 1. The van der Waals surface area contributed by atoms with Gasteiger partial charge < -0.3 is 36.8 Å². The van der Waals surface area contributed by atoms with Crippen molar-refractivity contribution in [3.05, 3.63) is 48.0 Å². The number of Topliss-reactive ketones (excluding diaryl/α,β-unsaturated/α-hetero) is 1. The highest BCUT2D eigenvalue weighted by atomic mass is 35.5. The van der Waals surface area contributed by atoms with Crippen LogP contribution in [0.15, 0.2) is 42.5 Å². The Morgan fingerprint density at radius 2 is 1.73 bits per heavy atom. The minimum Gasteiger partial charge on any atom is -0.370 e. The van der Waals surface area contributed by atoms with Gasteiger partial charge in [0.25, 0.3) is 0 Å². The second kappa shape index (κ2) is 17.5. The number of alkyl halides is 1. The van der Waals surface area contributed by atoms with Gasteiger partial charge in [-0.15, -0.1) is 11.6 Å². The molecule has 1 saturated heterocycles. The highest BCUT2D eigenvalue weighted by Crippen LogP contribution is 2.38. The summed E-state index contributed by atoms with van der Waals surface area (Å²) in [5.74, 6) is -5.92. The summed E-state index contributed by atoms with van der Waals surface area (Å²) in [6, 6.07) is 9.18. The minimum atomic E-state index is -5.08. The summed E-state index contributed by atoms with van der Waals surface area (Å²) >= 11 is 5.60. The van der Waals surface area contributed by atoms with Gasteiger partial charge in [0.1, 0.15) is 18.0 Å². The molecular weight excluding hydrogens is 669 g/mol. The van der Waals surface area contributed by atoms with Crippen LogP contribution in [0.2, 0.25) is 0 Å². The zero-order chi connectivity index (χ0) is 35.6. The fourth-order valence-corrected chi connectivity index (χ4v) is 6.31. The maximum absolute atomic E-state index is 13.9. The molecule has 2 aromatic rings. The first kappa shape index (κ1) is 38.6. The monoisotopic (exact) mass is 709 g/mol. The molecule has 3 rings (SSSR count). The molecule has 0 aromatic heterocycles. The normalized spacial score (nSPS) is 17.5. The van der Waals surface area contributed by atoms with Gasteiger partial charge in [0.15, 0.2) is 5.78 Å². The van der Waals surface area contributed by atoms with Gasteiger partial charge in [-0.25, -0.2) is 4.57 Å². The number of amides is 5. The number of halogens is 1. The average Bonchev–Trinajstić information content (AvgIpc) is 3.03. The summed E-state index contributed by atoms with van der Waals surface area (Å²) in [6.07, 6.45) is -0.883. The van der Waals surface area contributed by atoms with Crippen molar-refractivity contribution in [2.75, 3.05) is 12.4 Å². The average molecular weight is 710 g/mol. The van der Waals surface area contributed by atoms with Crippen LogP contribution in [0.25, 0.3) is 10.8 Å². The Labute approximate surface area is 282 Å². The molecule has 0 saturated carbocycles. The maximum Gasteiger partial charge on any atom is 0.469 e. The number of phosphoric ester groups is 1. The number of primary amides is 2. The van der Waals surface area contributed by atoms with Crippen LogP contribution in [-0.4, -0.2) is 86.7 Å². The van der Waals surface area contributed by atoms with E-state index in [0.29, 0.717) is 18.4 Å². The molecule has 15 nitrogen and oxygen atoms in total. The minimum absolute atomic E-state index is 0.0267. The third-order valence-electron chi connectivity index (χ3n) is 8.11. The van der Waals surface area contributed by atoms with E-state index < -0.39 is 79.2 Å². The van der Waals surface area contributed by atoms with Crippen molar-refractivity contribution >= 4 is 65.5 Å². The number of nitrogens with one attached hydrogen (secondary N) is 2. The molecule has 1 heterocycles. The number of nitrogens with two attached hydrogens (primary N) is 2. The first-order chi connectivity index (χ1) is 22.6. The standard InChI is InChI=1S/C31H41ClN5O10P/c1-18(47-48(44,45)46)28(36-27(40)17-32)31(43)37-13-5-4-8-24(37)30(42)35-23(25(38)16-22(29(34)41)11-12-26(33)39)15-19-9-10-20-6-2-3-7-21(20)14-19/h2-3,6-7,9-10,14,18,22-24,28H,4-5,8,11-13,15-17H2,1H3,(H2,33,39)(H2,34,41)(H,35,42)(H,36,40)(H2,44,45,46)/t18?,22-,23+,24+,28+/m1/s1. The number of fused-ring (bicyclic) bond motifs is 1. The molecular formula is C31H41ClN5O10P. The van der Waals surface area contributed by atoms with Gasteiger partial charge in [-0.2, -0.15) is 0 Å². The Balaban J connectivity index is 1.91. The van der Waals surface area contributed by atoms with E-state index in [2.05, 4.69) is 15.2 Å². The van der Waals surface area contributed by atoms with E-state index >= 15 is 0 Å². The number of nitrogens with zero attached hydrogens (tertiary/aromatic N) is 1. The molecule has 5 amide bonds. The third-order valence-corrected chi connectivity index (χ3v) is 8.96. The van der Waals surface area contributed by atoms with E-state index in [1.807, 2.05) is 36.4 Å². The van der Waals surface area contributed by atoms with Crippen LogP contribution in [0, 0.1) is 5.92 Å². The first-order valence-electron chi connectivity index (χ1n) is 15.4. The number of phosphoric acid groups is 1. The fraction of sp³-hybridized carbons (Fsp3) is 0.484. The molecule has 0 bridgehead atoms. The molecule has 1 aliphatic heterocycles. The zero-order valence-electron chi connectivity index (χ0n) is 26.4. The quantitative estimate of drug-likeness (QED) is 0.0995. The van der Waals surface area contributed by atoms with E-state index in [-0.39, 0.29) is 38.6 Å². The Morgan fingerprint density at radius 1 is 1.04 bits per heavy atom. The van der Waals surface area contributed by atoms with Crippen LogP contribution in [0.4, 0.5) is 0 Å². The molecule has 0 radical (unpaired) electrons. The van der Waals surface area contributed by atoms with Gasteiger partial charge in [-0.1, -0.05) is 42.5 Å². The van der Waals surface area contributed by atoms with E-state index in [1.54, 1.807) is 6.07 Å². The van der Waals surface area contributed by atoms with E-state index in [1.165, 1.54) is 11.8 Å². The predicted molar refractivity (Wildman–Crippen MR) is 175 cm³/mol. The zero-order valence-corrected chi connectivity index (χ0v) is 28.0. The predicted octanol–water partition coefficient (Wildman–Crippen LogP) is 0.796.